The Hall–Kier alpha value is -1.41. The van der Waals surface area contributed by atoms with E-state index in [1.54, 1.807) is 0 Å². The number of pyridine rings is 1. The van der Waals surface area contributed by atoms with E-state index < -0.39 is 0 Å². The van der Waals surface area contributed by atoms with E-state index in [0.29, 0.717) is 0 Å². The molecule has 0 aliphatic carbocycles. The summed E-state index contributed by atoms with van der Waals surface area (Å²) < 4.78 is 0. The van der Waals surface area contributed by atoms with Gasteiger partial charge in [0.15, 0.2) is 0 Å². The number of rotatable bonds is 3. The van der Waals surface area contributed by atoms with Crippen LogP contribution in [0.25, 0.3) is 10.9 Å². The van der Waals surface area contributed by atoms with Gasteiger partial charge in [0.2, 0.25) is 0 Å². The third kappa shape index (κ3) is 2.54. The summed E-state index contributed by atoms with van der Waals surface area (Å²) in [5, 5.41) is 1.23. The summed E-state index contributed by atoms with van der Waals surface area (Å²) in [5.41, 5.74) is 2.45. The molecule has 0 amide bonds. The van der Waals surface area contributed by atoms with Crippen molar-refractivity contribution < 1.29 is 0 Å². The van der Waals surface area contributed by atoms with Crippen molar-refractivity contribution in [2.24, 2.45) is 0 Å². The molecule has 1 aromatic heterocycles. The predicted molar refractivity (Wildman–Crippen MR) is 64.0 cm³/mol. The van der Waals surface area contributed by atoms with E-state index in [9.17, 15) is 0 Å². The lowest BCUT2D eigenvalue weighted by molar-refractivity contribution is 0.414. The SMILES string of the molecule is CN(C)CCc1ccc2ncccc2c1. The summed E-state index contributed by atoms with van der Waals surface area (Å²) in [6.45, 7) is 1.09. The van der Waals surface area contributed by atoms with Gasteiger partial charge in [0.05, 0.1) is 5.52 Å². The Morgan fingerprint density at radius 1 is 1.20 bits per heavy atom. The fourth-order valence-electron chi connectivity index (χ4n) is 1.63. The van der Waals surface area contributed by atoms with Crippen molar-refractivity contribution >= 4 is 10.9 Å². The maximum Gasteiger partial charge on any atom is 0.0702 e. The molecule has 0 atom stereocenters. The molecule has 0 bridgehead atoms. The zero-order valence-electron chi connectivity index (χ0n) is 9.27. The Bertz CT molecular complexity index is 449. The minimum Gasteiger partial charge on any atom is -0.309 e. The minimum atomic E-state index is 1.08. The van der Waals surface area contributed by atoms with Crippen LogP contribution in [-0.4, -0.2) is 30.5 Å². The molecule has 0 radical (unpaired) electrons. The molecule has 0 aliphatic rings. The number of nitrogens with zero attached hydrogens (tertiary/aromatic N) is 2. The van der Waals surface area contributed by atoms with Gasteiger partial charge in [-0.3, -0.25) is 4.98 Å². The second kappa shape index (κ2) is 4.41. The van der Waals surface area contributed by atoms with Gasteiger partial charge in [-0.15, -0.1) is 0 Å². The minimum absolute atomic E-state index is 1.08. The van der Waals surface area contributed by atoms with Gasteiger partial charge < -0.3 is 4.90 Å². The molecule has 0 spiro atoms. The van der Waals surface area contributed by atoms with Gasteiger partial charge in [-0.05, 0) is 44.3 Å². The van der Waals surface area contributed by atoms with Gasteiger partial charge in [0, 0.05) is 18.1 Å². The van der Waals surface area contributed by atoms with Gasteiger partial charge in [-0.2, -0.15) is 0 Å². The highest BCUT2D eigenvalue weighted by Gasteiger charge is 1.97. The normalized spacial score (nSPS) is 11.1. The van der Waals surface area contributed by atoms with Gasteiger partial charge in [-0.1, -0.05) is 12.1 Å². The highest BCUT2D eigenvalue weighted by molar-refractivity contribution is 5.78. The molecule has 0 unspecified atom stereocenters. The van der Waals surface area contributed by atoms with Gasteiger partial charge in [0.1, 0.15) is 0 Å². The summed E-state index contributed by atoms with van der Waals surface area (Å²) in [6.07, 6.45) is 2.93. The first kappa shape index (κ1) is 10.1. The van der Waals surface area contributed by atoms with E-state index in [2.05, 4.69) is 48.2 Å². The largest absolute Gasteiger partial charge is 0.309 e. The molecular weight excluding hydrogens is 184 g/mol. The molecule has 0 fully saturated rings. The number of benzene rings is 1. The van der Waals surface area contributed by atoms with Crippen molar-refractivity contribution in [2.45, 2.75) is 6.42 Å². The van der Waals surface area contributed by atoms with Crippen LogP contribution in [0.1, 0.15) is 5.56 Å². The maximum absolute atomic E-state index is 4.31. The molecule has 2 nitrogen and oxygen atoms in total. The fraction of sp³-hybridized carbons (Fsp3) is 0.308. The van der Waals surface area contributed by atoms with Crippen LogP contribution in [0.3, 0.4) is 0 Å². The molecule has 78 valence electrons. The summed E-state index contributed by atoms with van der Waals surface area (Å²) in [6, 6.07) is 10.6. The number of likely N-dealkylation sites (N-methyl/N-ethyl adjacent to an activating group) is 1. The lowest BCUT2D eigenvalue weighted by Crippen LogP contribution is -2.14. The molecular formula is C13H16N2. The zero-order chi connectivity index (χ0) is 10.7. The first-order chi connectivity index (χ1) is 7.25. The second-order valence-electron chi connectivity index (χ2n) is 4.08. The van der Waals surface area contributed by atoms with Gasteiger partial charge >= 0.3 is 0 Å². The van der Waals surface area contributed by atoms with Crippen LogP contribution in [-0.2, 0) is 6.42 Å². The molecule has 2 aromatic rings. The maximum atomic E-state index is 4.31. The third-order valence-corrected chi connectivity index (χ3v) is 2.52. The number of fused-ring (bicyclic) bond motifs is 1. The van der Waals surface area contributed by atoms with Crippen LogP contribution in [0.5, 0.6) is 0 Å². The van der Waals surface area contributed by atoms with Crippen LogP contribution in [0.2, 0.25) is 0 Å². The Kier molecular flexibility index (Phi) is 2.97. The number of hydrogen-bond acceptors (Lipinski definition) is 2. The number of aromatic nitrogens is 1. The average Bonchev–Trinajstić information content (AvgIpc) is 2.26. The molecule has 2 rings (SSSR count). The Morgan fingerprint density at radius 2 is 2.07 bits per heavy atom. The lowest BCUT2D eigenvalue weighted by Gasteiger charge is -2.09. The molecule has 1 heterocycles. The Morgan fingerprint density at radius 3 is 2.87 bits per heavy atom. The predicted octanol–water partition coefficient (Wildman–Crippen LogP) is 2.34. The van der Waals surface area contributed by atoms with Crippen LogP contribution >= 0.6 is 0 Å². The van der Waals surface area contributed by atoms with E-state index in [1.807, 2.05) is 12.3 Å². The summed E-state index contributed by atoms with van der Waals surface area (Å²) in [7, 11) is 4.20. The fourth-order valence-corrected chi connectivity index (χ4v) is 1.63. The molecule has 0 N–H and O–H groups in total. The van der Waals surface area contributed by atoms with Crippen LogP contribution in [0.4, 0.5) is 0 Å². The van der Waals surface area contributed by atoms with E-state index in [4.69, 9.17) is 0 Å². The Balaban J connectivity index is 2.23. The summed E-state index contributed by atoms with van der Waals surface area (Å²) in [4.78, 5) is 6.51. The van der Waals surface area contributed by atoms with Crippen molar-refractivity contribution in [1.29, 1.82) is 0 Å². The highest BCUT2D eigenvalue weighted by Crippen LogP contribution is 2.13. The monoisotopic (exact) mass is 200 g/mol. The smallest absolute Gasteiger partial charge is 0.0702 e. The van der Waals surface area contributed by atoms with Crippen LogP contribution in [0, 0.1) is 0 Å². The topological polar surface area (TPSA) is 16.1 Å². The zero-order valence-corrected chi connectivity index (χ0v) is 9.27. The standard InChI is InChI=1S/C13H16N2/c1-15(2)9-7-11-5-6-13-12(10-11)4-3-8-14-13/h3-6,8,10H,7,9H2,1-2H3. The first-order valence-electron chi connectivity index (χ1n) is 5.24. The van der Waals surface area contributed by atoms with Crippen LogP contribution < -0.4 is 0 Å². The van der Waals surface area contributed by atoms with Crippen molar-refractivity contribution in [3.8, 4) is 0 Å². The van der Waals surface area contributed by atoms with Crippen molar-refractivity contribution in [3.05, 3.63) is 42.1 Å². The Labute approximate surface area is 90.6 Å². The molecule has 0 saturated heterocycles. The van der Waals surface area contributed by atoms with Crippen molar-refractivity contribution in [2.75, 3.05) is 20.6 Å². The molecule has 0 aliphatic heterocycles. The summed E-state index contributed by atoms with van der Waals surface area (Å²) in [5.74, 6) is 0. The van der Waals surface area contributed by atoms with Crippen molar-refractivity contribution in [3.63, 3.8) is 0 Å². The highest BCUT2D eigenvalue weighted by atomic mass is 15.0. The van der Waals surface area contributed by atoms with E-state index in [0.717, 1.165) is 18.5 Å². The molecule has 2 heteroatoms. The third-order valence-electron chi connectivity index (χ3n) is 2.52. The molecule has 15 heavy (non-hydrogen) atoms. The lowest BCUT2D eigenvalue weighted by atomic mass is 10.1. The first-order valence-corrected chi connectivity index (χ1v) is 5.24. The van der Waals surface area contributed by atoms with Gasteiger partial charge in [-0.25, -0.2) is 0 Å². The van der Waals surface area contributed by atoms with E-state index >= 15 is 0 Å². The molecule has 1 aromatic carbocycles. The molecule has 0 saturated carbocycles. The average molecular weight is 200 g/mol. The van der Waals surface area contributed by atoms with Gasteiger partial charge in [0.25, 0.3) is 0 Å². The number of hydrogen-bond donors (Lipinski definition) is 0. The summed E-state index contributed by atoms with van der Waals surface area (Å²) >= 11 is 0. The van der Waals surface area contributed by atoms with Crippen molar-refractivity contribution in [1.82, 2.24) is 9.88 Å². The quantitative estimate of drug-likeness (QED) is 0.756. The second-order valence-corrected chi connectivity index (χ2v) is 4.08. The van der Waals surface area contributed by atoms with Crippen LogP contribution in [0.15, 0.2) is 36.5 Å². The van der Waals surface area contributed by atoms with E-state index in [1.165, 1.54) is 10.9 Å². The van der Waals surface area contributed by atoms with E-state index in [-0.39, 0.29) is 0 Å².